The summed E-state index contributed by atoms with van der Waals surface area (Å²) < 4.78 is 5.48. The van der Waals surface area contributed by atoms with Crippen molar-refractivity contribution in [2.24, 2.45) is 0 Å². The van der Waals surface area contributed by atoms with Crippen molar-refractivity contribution in [2.45, 2.75) is 25.4 Å². The van der Waals surface area contributed by atoms with Gasteiger partial charge in [-0.2, -0.15) is 4.98 Å². The first kappa shape index (κ1) is 17.4. The molecular weight excluding hydrogens is 316 g/mol. The lowest BCUT2D eigenvalue weighted by Crippen LogP contribution is -2.33. The molecule has 0 bridgehead atoms. The highest BCUT2D eigenvalue weighted by Gasteiger charge is 2.13. The molecule has 0 spiro atoms. The quantitative estimate of drug-likeness (QED) is 0.585. The van der Waals surface area contributed by atoms with Crippen LogP contribution in [-0.4, -0.2) is 43.3 Å². The molecule has 134 valence electrons. The van der Waals surface area contributed by atoms with E-state index in [-0.39, 0.29) is 0 Å². The Balaban J connectivity index is 1.65. The van der Waals surface area contributed by atoms with Crippen molar-refractivity contribution in [1.82, 2.24) is 20.6 Å². The van der Waals surface area contributed by atoms with Crippen LogP contribution in [0.1, 0.15) is 18.4 Å². The monoisotopic (exact) mass is 342 g/mol. The van der Waals surface area contributed by atoms with Crippen molar-refractivity contribution in [3.63, 3.8) is 0 Å². The minimum absolute atomic E-state index is 0.561. The van der Waals surface area contributed by atoms with Gasteiger partial charge in [0.15, 0.2) is 0 Å². The molecule has 25 heavy (non-hydrogen) atoms. The van der Waals surface area contributed by atoms with Gasteiger partial charge in [0.25, 0.3) is 0 Å². The second-order valence-electron chi connectivity index (χ2n) is 6.09. The van der Waals surface area contributed by atoms with Crippen LogP contribution < -0.4 is 26.0 Å². The third kappa shape index (κ3) is 4.80. The fourth-order valence-corrected chi connectivity index (χ4v) is 2.99. The number of hydrogen-bond acceptors (Lipinski definition) is 7. The van der Waals surface area contributed by atoms with Crippen molar-refractivity contribution in [3.05, 3.63) is 36.0 Å². The van der Waals surface area contributed by atoms with Crippen LogP contribution in [0.25, 0.3) is 0 Å². The zero-order valence-electron chi connectivity index (χ0n) is 14.8. The number of nitrogens with one attached hydrogen (secondary N) is 4. The number of aromatic nitrogens is 2. The molecule has 1 fully saturated rings. The predicted molar refractivity (Wildman–Crippen MR) is 101 cm³/mol. The fraction of sp³-hybridized carbons (Fsp3) is 0.444. The zero-order valence-corrected chi connectivity index (χ0v) is 14.8. The Morgan fingerprint density at radius 3 is 3.00 bits per heavy atom. The van der Waals surface area contributed by atoms with Crippen LogP contribution in [0.15, 0.2) is 30.5 Å². The normalized spacial score (nSPS) is 16.6. The van der Waals surface area contributed by atoms with Gasteiger partial charge >= 0.3 is 0 Å². The summed E-state index contributed by atoms with van der Waals surface area (Å²) in [4.78, 5) is 8.64. The van der Waals surface area contributed by atoms with Gasteiger partial charge in [-0.15, -0.1) is 0 Å². The Morgan fingerprint density at radius 1 is 1.32 bits per heavy atom. The summed E-state index contributed by atoms with van der Waals surface area (Å²) in [6, 6.07) is 8.41. The standard InChI is InChI=1S/C18H26N6O/c1-19-17-7-9-22-18(24-17)23-14-5-6-16(25-2)13(10-14)11-20-12-15-4-3-8-21-15/h5-7,9-10,15,20-21H,3-4,8,11-12H2,1-2H3,(H2,19,22,23,24). The van der Waals surface area contributed by atoms with Gasteiger partial charge in [0, 0.05) is 43.6 Å². The van der Waals surface area contributed by atoms with Crippen molar-refractivity contribution in [3.8, 4) is 5.75 Å². The molecule has 1 unspecified atom stereocenters. The molecule has 0 aliphatic carbocycles. The van der Waals surface area contributed by atoms with E-state index in [1.54, 1.807) is 13.3 Å². The van der Waals surface area contributed by atoms with Gasteiger partial charge in [0.1, 0.15) is 11.6 Å². The lowest BCUT2D eigenvalue weighted by molar-refractivity contribution is 0.407. The summed E-state index contributed by atoms with van der Waals surface area (Å²) in [5, 5.41) is 13.3. The van der Waals surface area contributed by atoms with Crippen LogP contribution in [0, 0.1) is 0 Å². The maximum Gasteiger partial charge on any atom is 0.229 e. The number of ether oxygens (including phenoxy) is 1. The molecule has 1 saturated heterocycles. The molecule has 1 aliphatic heterocycles. The molecule has 2 heterocycles. The van der Waals surface area contributed by atoms with E-state index in [9.17, 15) is 0 Å². The smallest absolute Gasteiger partial charge is 0.229 e. The predicted octanol–water partition coefficient (Wildman–Crippen LogP) is 2.11. The summed E-state index contributed by atoms with van der Waals surface area (Å²) >= 11 is 0. The van der Waals surface area contributed by atoms with Gasteiger partial charge in [0.05, 0.1) is 7.11 Å². The van der Waals surface area contributed by atoms with Crippen LogP contribution in [0.4, 0.5) is 17.5 Å². The van der Waals surface area contributed by atoms with E-state index in [0.717, 1.165) is 42.5 Å². The number of anilines is 3. The molecular formula is C18H26N6O. The van der Waals surface area contributed by atoms with Crippen molar-refractivity contribution >= 4 is 17.5 Å². The lowest BCUT2D eigenvalue weighted by Gasteiger charge is -2.15. The highest BCUT2D eigenvalue weighted by Crippen LogP contribution is 2.24. The molecule has 1 aromatic carbocycles. The Labute approximate surface area is 148 Å². The molecule has 0 amide bonds. The second-order valence-corrected chi connectivity index (χ2v) is 6.09. The highest BCUT2D eigenvalue weighted by atomic mass is 16.5. The largest absolute Gasteiger partial charge is 0.496 e. The fourth-order valence-electron chi connectivity index (χ4n) is 2.99. The topological polar surface area (TPSA) is 83.1 Å². The van der Waals surface area contributed by atoms with Gasteiger partial charge in [-0.05, 0) is 43.7 Å². The molecule has 4 N–H and O–H groups in total. The molecule has 7 nitrogen and oxygen atoms in total. The summed E-state index contributed by atoms with van der Waals surface area (Å²) in [6.07, 6.45) is 4.23. The number of hydrogen-bond donors (Lipinski definition) is 4. The van der Waals surface area contributed by atoms with Crippen LogP contribution in [0.2, 0.25) is 0 Å². The summed E-state index contributed by atoms with van der Waals surface area (Å²) in [5.41, 5.74) is 2.04. The molecule has 1 atom stereocenters. The van der Waals surface area contributed by atoms with E-state index in [0.29, 0.717) is 12.0 Å². The number of benzene rings is 1. The summed E-state index contributed by atoms with van der Waals surface area (Å²) in [5.74, 6) is 2.21. The van der Waals surface area contributed by atoms with E-state index in [4.69, 9.17) is 4.74 Å². The minimum Gasteiger partial charge on any atom is -0.496 e. The van der Waals surface area contributed by atoms with E-state index < -0.39 is 0 Å². The average Bonchev–Trinajstić information content (AvgIpc) is 3.16. The molecule has 0 saturated carbocycles. The lowest BCUT2D eigenvalue weighted by atomic mass is 10.1. The molecule has 3 rings (SSSR count). The zero-order chi connectivity index (χ0) is 17.5. The van der Waals surface area contributed by atoms with Gasteiger partial charge in [-0.3, -0.25) is 0 Å². The van der Waals surface area contributed by atoms with Gasteiger partial charge in [-0.25, -0.2) is 4.98 Å². The maximum atomic E-state index is 5.48. The first-order chi connectivity index (χ1) is 12.3. The van der Waals surface area contributed by atoms with E-state index in [2.05, 4.69) is 37.3 Å². The number of methoxy groups -OCH3 is 1. The van der Waals surface area contributed by atoms with Crippen LogP contribution in [0.3, 0.4) is 0 Å². The van der Waals surface area contributed by atoms with E-state index in [1.165, 1.54) is 12.8 Å². The number of rotatable bonds is 8. The van der Waals surface area contributed by atoms with E-state index in [1.807, 2.05) is 25.2 Å². The molecule has 1 aliphatic rings. The van der Waals surface area contributed by atoms with Crippen LogP contribution in [0.5, 0.6) is 5.75 Å². The molecule has 1 aromatic heterocycles. The maximum absolute atomic E-state index is 5.48. The van der Waals surface area contributed by atoms with Crippen molar-refractivity contribution in [1.29, 1.82) is 0 Å². The van der Waals surface area contributed by atoms with Gasteiger partial charge in [0.2, 0.25) is 5.95 Å². The SMILES string of the molecule is CNc1ccnc(Nc2ccc(OC)c(CNCC3CCCN3)c2)n1. The van der Waals surface area contributed by atoms with Crippen LogP contribution >= 0.6 is 0 Å². The third-order valence-electron chi connectivity index (χ3n) is 4.32. The second kappa shape index (κ2) is 8.64. The minimum atomic E-state index is 0.561. The third-order valence-corrected chi connectivity index (χ3v) is 4.32. The Bertz CT molecular complexity index is 687. The molecule has 0 radical (unpaired) electrons. The highest BCUT2D eigenvalue weighted by molar-refractivity contribution is 5.58. The average molecular weight is 342 g/mol. The van der Waals surface area contributed by atoms with Gasteiger partial charge in [-0.1, -0.05) is 0 Å². The molecule has 7 heteroatoms. The first-order valence-corrected chi connectivity index (χ1v) is 8.67. The Kier molecular flexibility index (Phi) is 6.03. The van der Waals surface area contributed by atoms with Crippen LogP contribution in [-0.2, 0) is 6.54 Å². The van der Waals surface area contributed by atoms with Gasteiger partial charge < -0.3 is 26.0 Å². The Hall–Kier alpha value is -2.38. The number of nitrogens with zero attached hydrogens (tertiary/aromatic N) is 2. The first-order valence-electron chi connectivity index (χ1n) is 8.67. The summed E-state index contributed by atoms with van der Waals surface area (Å²) in [7, 11) is 3.53. The molecule has 2 aromatic rings. The summed E-state index contributed by atoms with van der Waals surface area (Å²) in [6.45, 7) is 2.85. The van der Waals surface area contributed by atoms with Crippen molar-refractivity contribution in [2.75, 3.05) is 37.9 Å². The van der Waals surface area contributed by atoms with E-state index >= 15 is 0 Å². The van der Waals surface area contributed by atoms with Crippen molar-refractivity contribution < 1.29 is 4.74 Å². The Morgan fingerprint density at radius 2 is 2.24 bits per heavy atom.